The number of likely N-dealkylation sites (tertiary alicyclic amines) is 1. The van der Waals surface area contributed by atoms with Gasteiger partial charge in [0.2, 0.25) is 11.8 Å². The number of nitrogens with zero attached hydrogens (tertiary/aromatic N) is 7. The first-order valence-corrected chi connectivity index (χ1v) is 21.2. The van der Waals surface area contributed by atoms with E-state index in [2.05, 4.69) is 30.4 Å². The van der Waals surface area contributed by atoms with Gasteiger partial charge in [-0.05, 0) is 87.0 Å². The zero-order chi connectivity index (χ0) is 41.7. The van der Waals surface area contributed by atoms with E-state index in [1.807, 2.05) is 11.0 Å². The summed E-state index contributed by atoms with van der Waals surface area (Å²) < 4.78 is 21.6. The third-order valence-corrected chi connectivity index (χ3v) is 13.4. The predicted octanol–water partition coefficient (Wildman–Crippen LogP) is 3.95. The van der Waals surface area contributed by atoms with Crippen molar-refractivity contribution in [2.24, 2.45) is 17.8 Å². The number of imide groups is 2. The van der Waals surface area contributed by atoms with Gasteiger partial charge in [0.05, 0.1) is 45.9 Å². The molecule has 1 aromatic heterocycles. The van der Waals surface area contributed by atoms with E-state index in [0.717, 1.165) is 88.0 Å². The van der Waals surface area contributed by atoms with E-state index in [1.165, 1.54) is 6.07 Å². The van der Waals surface area contributed by atoms with E-state index in [-0.39, 0.29) is 47.7 Å². The Labute approximate surface area is 351 Å². The number of carbonyl (C=O) groups is 5. The number of nitrogens with one attached hydrogen (secondary N) is 2. The number of benzene rings is 2. The number of anilines is 2. The Morgan fingerprint density at radius 1 is 0.900 bits per heavy atom. The minimum absolute atomic E-state index is 0.0101. The summed E-state index contributed by atoms with van der Waals surface area (Å²) in [6, 6.07) is 8.61. The minimum Gasteiger partial charge on any atom is -0.490 e. The Bertz CT molecular complexity index is 2260. The van der Waals surface area contributed by atoms with Crippen LogP contribution in [-0.2, 0) is 9.59 Å². The smallest absolute Gasteiger partial charge is 0.271 e. The highest BCUT2D eigenvalue weighted by Crippen LogP contribution is 2.39. The molecule has 2 aromatic carbocycles. The Morgan fingerprint density at radius 2 is 1.62 bits per heavy atom. The van der Waals surface area contributed by atoms with Crippen molar-refractivity contribution in [3.05, 3.63) is 75.9 Å². The molecule has 312 valence electrons. The summed E-state index contributed by atoms with van der Waals surface area (Å²) >= 11 is 6.15. The molecule has 3 aromatic rings. The van der Waals surface area contributed by atoms with Crippen LogP contribution >= 0.6 is 11.6 Å². The Balaban J connectivity index is 0.708. The topological polar surface area (TPSA) is 181 Å². The van der Waals surface area contributed by atoms with E-state index < -0.39 is 35.5 Å². The lowest BCUT2D eigenvalue weighted by Gasteiger charge is -2.34. The van der Waals surface area contributed by atoms with E-state index in [4.69, 9.17) is 21.6 Å². The van der Waals surface area contributed by atoms with Crippen LogP contribution in [0.5, 0.6) is 5.75 Å². The summed E-state index contributed by atoms with van der Waals surface area (Å²) in [5.41, 5.74) is 1.02. The molecule has 3 atom stereocenters. The van der Waals surface area contributed by atoms with Crippen molar-refractivity contribution < 1.29 is 33.1 Å². The summed E-state index contributed by atoms with van der Waals surface area (Å²) in [5.74, 6) is -0.681. The van der Waals surface area contributed by atoms with Crippen molar-refractivity contribution in [2.75, 3.05) is 55.6 Å². The van der Waals surface area contributed by atoms with Gasteiger partial charge in [0, 0.05) is 64.3 Å². The number of carbonyl (C=O) groups excluding carboxylic acids is 5. The predicted molar refractivity (Wildman–Crippen MR) is 216 cm³/mol. The maximum Gasteiger partial charge on any atom is 0.271 e. The normalized spacial score (nSPS) is 25.9. The minimum atomic E-state index is -1.10. The molecular weight excluding hydrogens is 793 g/mol. The molecule has 5 aliphatic heterocycles. The van der Waals surface area contributed by atoms with E-state index >= 15 is 4.39 Å². The fraction of sp³-hybridized carbons (Fsp3) is 0.488. The van der Waals surface area contributed by atoms with E-state index in [9.17, 15) is 24.0 Å². The van der Waals surface area contributed by atoms with Gasteiger partial charge in [-0.3, -0.25) is 34.2 Å². The number of halogens is 2. The zero-order valence-electron chi connectivity index (χ0n) is 32.9. The first-order chi connectivity index (χ1) is 29.0. The van der Waals surface area contributed by atoms with Crippen LogP contribution in [0.3, 0.4) is 0 Å². The highest BCUT2D eigenvalue weighted by Gasteiger charge is 2.47. The number of amides is 5. The number of aromatic nitrogens is 2. The lowest BCUT2D eigenvalue weighted by Crippen LogP contribution is -2.54. The second kappa shape index (κ2) is 16.4. The second-order valence-electron chi connectivity index (χ2n) is 16.9. The molecular formula is C43H45ClFN9O6. The van der Waals surface area contributed by atoms with Crippen molar-refractivity contribution in [1.29, 1.82) is 5.26 Å². The number of hydrogen-bond donors (Lipinski definition) is 2. The van der Waals surface area contributed by atoms with Crippen LogP contribution in [0.4, 0.5) is 15.9 Å². The second-order valence-corrected chi connectivity index (χ2v) is 17.4. The summed E-state index contributed by atoms with van der Waals surface area (Å²) in [5, 5.41) is 14.7. The molecule has 6 aliphatic rings. The van der Waals surface area contributed by atoms with Crippen LogP contribution in [0.15, 0.2) is 42.7 Å². The first kappa shape index (κ1) is 39.8. The van der Waals surface area contributed by atoms with Crippen LogP contribution < -0.4 is 25.2 Å². The lowest BCUT2D eigenvalue weighted by atomic mass is 9.93. The zero-order valence-corrected chi connectivity index (χ0v) is 33.7. The van der Waals surface area contributed by atoms with Gasteiger partial charge < -0.3 is 24.8 Å². The summed E-state index contributed by atoms with van der Waals surface area (Å²) in [7, 11) is 0. The van der Waals surface area contributed by atoms with Crippen LogP contribution in [0.1, 0.15) is 88.1 Å². The van der Waals surface area contributed by atoms with Gasteiger partial charge in [0.1, 0.15) is 35.2 Å². The van der Waals surface area contributed by atoms with Crippen molar-refractivity contribution in [2.45, 2.75) is 69.6 Å². The molecule has 9 rings (SSSR count). The fourth-order valence-electron chi connectivity index (χ4n) is 9.91. The van der Waals surface area contributed by atoms with Gasteiger partial charge in [-0.15, -0.1) is 0 Å². The monoisotopic (exact) mass is 837 g/mol. The molecule has 17 heteroatoms. The van der Waals surface area contributed by atoms with Crippen molar-refractivity contribution in [3.63, 3.8) is 0 Å². The van der Waals surface area contributed by atoms with Crippen LogP contribution in [0, 0.1) is 34.9 Å². The standard InChI is InChI=1S/C43H45ClFN9O6/c44-33-13-30(4-1-25(33)16-46)60-29-5-2-28(3-6-29)49-40(56)35-17-48-38(18-47-35)52-11-9-24(10-12-52)19-51-20-26-22-53(23-27(26)21-51)37-15-32-31(14-34(37)45)42(58)54(43(32)59)36-7-8-39(55)50-41(36)57/h1,4,13-15,17-18,24,26-29,36H,2-3,5-12,19-23H2,(H,49,56)(H,50,55,57). The molecule has 1 aliphatic carbocycles. The molecule has 0 bridgehead atoms. The van der Waals surface area contributed by atoms with Crippen LogP contribution in [-0.4, -0.2) is 113 Å². The molecule has 2 N–H and O–H groups in total. The van der Waals surface area contributed by atoms with Gasteiger partial charge >= 0.3 is 0 Å². The van der Waals surface area contributed by atoms with Gasteiger partial charge in [-0.1, -0.05) is 11.6 Å². The third-order valence-electron chi connectivity index (χ3n) is 13.1. The number of piperidine rings is 2. The van der Waals surface area contributed by atoms with Crippen LogP contribution in [0.25, 0.3) is 0 Å². The van der Waals surface area contributed by atoms with Crippen LogP contribution in [0.2, 0.25) is 5.02 Å². The molecule has 0 spiro atoms. The quantitative estimate of drug-likeness (QED) is 0.297. The maximum atomic E-state index is 15.5. The average Bonchev–Trinajstić information content (AvgIpc) is 3.88. The molecule has 6 heterocycles. The molecule has 60 heavy (non-hydrogen) atoms. The van der Waals surface area contributed by atoms with E-state index in [1.54, 1.807) is 30.6 Å². The molecule has 15 nitrogen and oxygen atoms in total. The molecule has 1 saturated carbocycles. The highest BCUT2D eigenvalue weighted by molar-refractivity contribution is 6.31. The Morgan fingerprint density at radius 3 is 2.27 bits per heavy atom. The molecule has 4 saturated heterocycles. The molecule has 3 unspecified atom stereocenters. The number of ether oxygens (including phenoxy) is 1. The number of fused-ring (bicyclic) bond motifs is 2. The molecule has 0 radical (unpaired) electrons. The average molecular weight is 838 g/mol. The lowest BCUT2D eigenvalue weighted by molar-refractivity contribution is -0.136. The van der Waals surface area contributed by atoms with Gasteiger partial charge in [0.15, 0.2) is 0 Å². The Hall–Kier alpha value is -5.66. The summed E-state index contributed by atoms with van der Waals surface area (Å²) in [4.78, 5) is 80.3. The number of nitriles is 1. The summed E-state index contributed by atoms with van der Waals surface area (Å²) in [6.45, 7) is 5.80. The number of rotatable bonds is 9. The maximum absolute atomic E-state index is 15.5. The third kappa shape index (κ3) is 7.88. The van der Waals surface area contributed by atoms with Gasteiger partial charge in [-0.25, -0.2) is 14.4 Å². The van der Waals surface area contributed by atoms with Gasteiger partial charge in [-0.2, -0.15) is 5.26 Å². The van der Waals surface area contributed by atoms with Crippen molar-refractivity contribution in [3.8, 4) is 11.8 Å². The summed E-state index contributed by atoms with van der Waals surface area (Å²) in [6.07, 6.45) is 8.44. The fourth-order valence-corrected chi connectivity index (χ4v) is 10.1. The van der Waals surface area contributed by atoms with Crippen molar-refractivity contribution in [1.82, 2.24) is 30.4 Å². The SMILES string of the molecule is N#Cc1ccc(OC2CCC(NC(=O)c3cnc(N4CCC(CN5CC6CN(c7cc8c(cc7F)C(=O)N(C7CCC(=O)NC7=O)C8=O)CC6C5)CC4)cn3)CC2)cc1Cl. The number of hydrogen-bond acceptors (Lipinski definition) is 12. The van der Waals surface area contributed by atoms with Gasteiger partial charge in [0.25, 0.3) is 17.7 Å². The molecule has 5 amide bonds. The van der Waals surface area contributed by atoms with Crippen molar-refractivity contribution >= 4 is 52.6 Å². The highest BCUT2D eigenvalue weighted by atomic mass is 35.5. The molecule has 5 fully saturated rings. The largest absolute Gasteiger partial charge is 0.490 e. The first-order valence-electron chi connectivity index (χ1n) is 20.8. The Kier molecular flexibility index (Phi) is 10.9. The van der Waals surface area contributed by atoms with E-state index in [0.29, 0.717) is 52.9 Å².